The van der Waals surface area contributed by atoms with Gasteiger partial charge in [0.2, 0.25) is 0 Å². The Labute approximate surface area is 147 Å². The van der Waals surface area contributed by atoms with E-state index in [0.29, 0.717) is 12.6 Å². The van der Waals surface area contributed by atoms with Crippen molar-refractivity contribution in [2.24, 2.45) is 15.9 Å². The van der Waals surface area contributed by atoms with Crippen LogP contribution in [0.15, 0.2) is 27.1 Å². The molecule has 3 atom stereocenters. The van der Waals surface area contributed by atoms with Crippen molar-refractivity contribution >= 4 is 29.7 Å². The summed E-state index contributed by atoms with van der Waals surface area (Å²) >= 11 is 1.69. The molecule has 128 valence electrons. The summed E-state index contributed by atoms with van der Waals surface area (Å²) in [6.07, 6.45) is 3.45. The fourth-order valence-corrected chi connectivity index (χ4v) is 4.22. The minimum absolute atomic E-state index is 0.0138. The molecule has 0 saturated carbocycles. The number of thioether (sulfide) groups is 1. The average Bonchev–Trinajstić information content (AvgIpc) is 2.87. The number of hydrogen-bond donors (Lipinski definition) is 0. The van der Waals surface area contributed by atoms with Gasteiger partial charge in [-0.3, -0.25) is 4.98 Å². The van der Waals surface area contributed by atoms with Crippen molar-refractivity contribution < 1.29 is 4.74 Å². The van der Waals surface area contributed by atoms with Gasteiger partial charge in [0.05, 0.1) is 41.4 Å². The quantitative estimate of drug-likeness (QED) is 0.618. The molecule has 0 saturated heterocycles. The number of amidine groups is 1. The number of aliphatic imine (C=N–C) groups is 2. The maximum Gasteiger partial charge on any atom is 0.311 e. The predicted molar refractivity (Wildman–Crippen MR) is 98.8 cm³/mol. The Morgan fingerprint density at radius 3 is 2.96 bits per heavy atom. The fourth-order valence-electron chi connectivity index (χ4n) is 2.72. The maximum absolute atomic E-state index is 9.74. The van der Waals surface area contributed by atoms with Gasteiger partial charge in [-0.05, 0) is 33.8 Å². The third-order valence-corrected chi connectivity index (χ3v) is 5.29. The number of rotatable bonds is 4. The summed E-state index contributed by atoms with van der Waals surface area (Å²) in [4.78, 5) is 16.3. The van der Waals surface area contributed by atoms with Crippen LogP contribution in [0.2, 0.25) is 0 Å². The summed E-state index contributed by atoms with van der Waals surface area (Å²) in [6.45, 7) is 8.12. The minimum atomic E-state index is -0.297. The molecule has 0 aliphatic carbocycles. The zero-order valence-electron chi connectivity index (χ0n) is 14.7. The van der Waals surface area contributed by atoms with Crippen LogP contribution < -0.4 is 4.90 Å². The molecule has 1 aromatic rings. The first-order valence-corrected chi connectivity index (χ1v) is 8.85. The molecular weight excluding hydrogens is 322 g/mol. The molecule has 0 bridgehead atoms. The first-order chi connectivity index (χ1) is 11.5. The lowest BCUT2D eigenvalue weighted by Crippen LogP contribution is -2.37. The molecule has 0 aromatic carbocycles. The smallest absolute Gasteiger partial charge is 0.311 e. The van der Waals surface area contributed by atoms with Crippen molar-refractivity contribution in [2.45, 2.75) is 44.0 Å². The topological polar surface area (TPSA) is 73.9 Å². The number of ether oxygens (including phenoxy) is 1. The van der Waals surface area contributed by atoms with Crippen LogP contribution in [-0.4, -0.2) is 42.3 Å². The molecular formula is C17H23N5OS. The number of anilines is 1. The molecule has 0 N–H and O–H groups in total. The number of aryl methyl sites for hydroxylation is 1. The van der Waals surface area contributed by atoms with Gasteiger partial charge in [-0.2, -0.15) is 5.26 Å². The van der Waals surface area contributed by atoms with E-state index < -0.39 is 0 Å². The van der Waals surface area contributed by atoms with E-state index in [0.717, 1.165) is 16.3 Å². The van der Waals surface area contributed by atoms with Crippen molar-refractivity contribution in [1.29, 1.82) is 5.26 Å². The van der Waals surface area contributed by atoms with Gasteiger partial charge in [0.25, 0.3) is 0 Å². The second-order valence-corrected chi connectivity index (χ2v) is 6.65. The van der Waals surface area contributed by atoms with Crippen LogP contribution in [-0.2, 0) is 4.74 Å². The third-order valence-electron chi connectivity index (χ3n) is 3.86. The van der Waals surface area contributed by atoms with Gasteiger partial charge in [-0.15, -0.1) is 0 Å². The molecule has 0 amide bonds. The van der Waals surface area contributed by atoms with E-state index in [2.05, 4.69) is 25.9 Å². The van der Waals surface area contributed by atoms with Crippen LogP contribution in [0.5, 0.6) is 0 Å². The molecule has 2 heterocycles. The van der Waals surface area contributed by atoms with Gasteiger partial charge in [0.1, 0.15) is 0 Å². The monoisotopic (exact) mass is 345 g/mol. The number of nitrogens with zero attached hydrogens (tertiary/aromatic N) is 5. The molecule has 24 heavy (non-hydrogen) atoms. The Kier molecular flexibility index (Phi) is 6.21. The number of nitriles is 1. The highest BCUT2D eigenvalue weighted by Crippen LogP contribution is 2.46. The Balaban J connectivity index is 2.25. The first-order valence-electron chi connectivity index (χ1n) is 7.97. The first kappa shape index (κ1) is 18.3. The van der Waals surface area contributed by atoms with Crippen molar-refractivity contribution in [1.82, 2.24) is 4.98 Å². The third kappa shape index (κ3) is 3.70. The summed E-state index contributed by atoms with van der Waals surface area (Å²) < 4.78 is 5.43. The van der Waals surface area contributed by atoms with E-state index in [4.69, 9.17) is 4.74 Å². The Morgan fingerprint density at radius 1 is 1.62 bits per heavy atom. The fraction of sp³-hybridized carbons (Fsp3) is 0.529. The zero-order chi connectivity index (χ0) is 17.7. The number of hydrogen-bond acceptors (Lipinski definition) is 6. The predicted octanol–water partition coefficient (Wildman–Crippen LogP) is 3.27. The average molecular weight is 345 g/mol. The van der Waals surface area contributed by atoms with Crippen LogP contribution in [0.4, 0.5) is 5.69 Å². The summed E-state index contributed by atoms with van der Waals surface area (Å²) in [5, 5.41) is 9.73. The minimum Gasteiger partial charge on any atom is -0.464 e. The largest absolute Gasteiger partial charge is 0.464 e. The van der Waals surface area contributed by atoms with Crippen molar-refractivity contribution in [3.8, 4) is 6.07 Å². The molecule has 0 fully saturated rings. The molecule has 0 radical (unpaired) electrons. The Bertz CT molecular complexity index is 682. The van der Waals surface area contributed by atoms with Gasteiger partial charge in [-0.25, -0.2) is 9.98 Å². The second kappa shape index (κ2) is 8.15. The van der Waals surface area contributed by atoms with E-state index >= 15 is 0 Å². The van der Waals surface area contributed by atoms with Crippen molar-refractivity contribution in [3.63, 3.8) is 0 Å². The summed E-state index contributed by atoms with van der Waals surface area (Å²) in [5.41, 5.74) is 2.07. The second-order valence-electron chi connectivity index (χ2n) is 5.49. The van der Waals surface area contributed by atoms with E-state index in [1.165, 1.54) is 0 Å². The molecule has 0 spiro atoms. The normalized spacial score (nSPS) is 19.9. The van der Waals surface area contributed by atoms with Crippen LogP contribution >= 0.6 is 11.8 Å². The molecule has 3 unspecified atom stereocenters. The molecule has 7 heteroatoms. The van der Waals surface area contributed by atoms with E-state index in [-0.39, 0.29) is 17.3 Å². The molecule has 6 nitrogen and oxygen atoms in total. The molecule has 1 aliphatic heterocycles. The Morgan fingerprint density at radius 2 is 2.38 bits per heavy atom. The summed E-state index contributed by atoms with van der Waals surface area (Å²) in [5.74, 6) is -0.297. The lowest BCUT2D eigenvalue weighted by atomic mass is 10.0. The molecule has 1 aromatic heterocycles. The number of pyridine rings is 1. The highest BCUT2D eigenvalue weighted by molar-refractivity contribution is 8.00. The standard InChI is InChI=1S/C17H23N5OS/c1-6-19-17(23-7-2)21-11(3)13(10-18)16-22(5)15-12(4)20-9-8-14(15)24-16/h6,8-9,11,13,16H,7H2,1-5H3. The van der Waals surface area contributed by atoms with Gasteiger partial charge in [0.15, 0.2) is 0 Å². The molecule has 2 rings (SSSR count). The van der Waals surface area contributed by atoms with Crippen LogP contribution in [0.25, 0.3) is 0 Å². The van der Waals surface area contributed by atoms with Crippen LogP contribution in [0, 0.1) is 24.2 Å². The van der Waals surface area contributed by atoms with E-state index in [1.54, 1.807) is 18.0 Å². The van der Waals surface area contributed by atoms with E-state index in [9.17, 15) is 5.26 Å². The van der Waals surface area contributed by atoms with Gasteiger partial charge >= 0.3 is 6.02 Å². The van der Waals surface area contributed by atoms with Crippen LogP contribution in [0.3, 0.4) is 0 Å². The van der Waals surface area contributed by atoms with Crippen LogP contribution in [0.1, 0.15) is 26.5 Å². The number of fused-ring (bicyclic) bond motifs is 1. The molecule has 1 aliphatic rings. The summed E-state index contributed by atoms with van der Waals surface area (Å²) in [7, 11) is 2.01. The zero-order valence-corrected chi connectivity index (χ0v) is 15.5. The van der Waals surface area contributed by atoms with Gasteiger partial charge < -0.3 is 9.64 Å². The Hall–Kier alpha value is -2.07. The maximum atomic E-state index is 9.74. The lowest BCUT2D eigenvalue weighted by molar-refractivity contribution is 0.317. The number of aromatic nitrogens is 1. The highest BCUT2D eigenvalue weighted by atomic mass is 32.2. The summed E-state index contributed by atoms with van der Waals surface area (Å²) in [6, 6.07) is 4.51. The van der Waals surface area contributed by atoms with Crippen molar-refractivity contribution in [2.75, 3.05) is 18.6 Å². The van der Waals surface area contributed by atoms with Crippen molar-refractivity contribution in [3.05, 3.63) is 18.0 Å². The van der Waals surface area contributed by atoms with Gasteiger partial charge in [-0.1, -0.05) is 11.8 Å². The van der Waals surface area contributed by atoms with Gasteiger partial charge in [0, 0.05) is 24.4 Å². The lowest BCUT2D eigenvalue weighted by Gasteiger charge is -2.28. The highest BCUT2D eigenvalue weighted by Gasteiger charge is 2.38. The SMILES string of the molecule is CC=NC(=NC(C)C(C#N)C1Sc2ccnc(C)c2N1C)OCC. The van der Waals surface area contributed by atoms with E-state index in [1.807, 2.05) is 47.0 Å².